The van der Waals surface area contributed by atoms with E-state index in [2.05, 4.69) is 46.6 Å². The third kappa shape index (κ3) is 10.9. The first-order chi connectivity index (χ1) is 14.1. The van der Waals surface area contributed by atoms with E-state index in [4.69, 9.17) is 14.2 Å². The SMILES string of the molecule is CCNC(=NCCN(C)CCCOC)NCCc1ccc(OCC)c(OCC)c1. The van der Waals surface area contributed by atoms with Crippen molar-refractivity contribution in [3.63, 3.8) is 0 Å². The van der Waals surface area contributed by atoms with Crippen LogP contribution in [0.4, 0.5) is 0 Å². The fraction of sp³-hybridized carbons (Fsp3) is 0.682. The number of nitrogens with one attached hydrogen (secondary N) is 2. The van der Waals surface area contributed by atoms with Gasteiger partial charge in [-0.1, -0.05) is 6.07 Å². The molecule has 0 aliphatic heterocycles. The molecule has 0 amide bonds. The minimum Gasteiger partial charge on any atom is -0.490 e. The Balaban J connectivity index is 2.49. The number of methoxy groups -OCH3 is 1. The van der Waals surface area contributed by atoms with E-state index in [1.54, 1.807) is 7.11 Å². The van der Waals surface area contributed by atoms with Gasteiger partial charge < -0.3 is 29.7 Å². The van der Waals surface area contributed by atoms with E-state index in [-0.39, 0.29) is 0 Å². The normalized spacial score (nSPS) is 11.6. The number of guanidine groups is 1. The molecule has 0 fully saturated rings. The van der Waals surface area contributed by atoms with Gasteiger partial charge in [-0.2, -0.15) is 0 Å². The Kier molecular flexibility index (Phi) is 13.7. The van der Waals surface area contributed by atoms with Gasteiger partial charge in [-0.25, -0.2) is 0 Å². The second-order valence-corrected chi connectivity index (χ2v) is 6.73. The van der Waals surface area contributed by atoms with Crippen molar-refractivity contribution in [2.45, 2.75) is 33.6 Å². The van der Waals surface area contributed by atoms with Crippen molar-refractivity contribution in [1.82, 2.24) is 15.5 Å². The topological polar surface area (TPSA) is 67.4 Å². The van der Waals surface area contributed by atoms with Crippen LogP contribution >= 0.6 is 0 Å². The number of hydrogen-bond donors (Lipinski definition) is 2. The summed E-state index contributed by atoms with van der Waals surface area (Å²) < 4.78 is 16.4. The van der Waals surface area contributed by atoms with Crippen LogP contribution in [0.25, 0.3) is 0 Å². The van der Waals surface area contributed by atoms with Gasteiger partial charge >= 0.3 is 0 Å². The van der Waals surface area contributed by atoms with E-state index in [0.717, 1.165) is 69.6 Å². The minimum absolute atomic E-state index is 0.624. The fourth-order valence-electron chi connectivity index (χ4n) is 2.84. The van der Waals surface area contributed by atoms with Crippen LogP contribution in [-0.2, 0) is 11.2 Å². The molecule has 7 heteroatoms. The molecule has 0 saturated heterocycles. The van der Waals surface area contributed by atoms with Gasteiger partial charge in [0.25, 0.3) is 0 Å². The minimum atomic E-state index is 0.624. The van der Waals surface area contributed by atoms with Crippen LogP contribution in [0.2, 0.25) is 0 Å². The number of benzene rings is 1. The first-order valence-electron chi connectivity index (χ1n) is 10.7. The summed E-state index contributed by atoms with van der Waals surface area (Å²) in [5.41, 5.74) is 1.21. The molecule has 1 aromatic carbocycles. The summed E-state index contributed by atoms with van der Waals surface area (Å²) >= 11 is 0. The van der Waals surface area contributed by atoms with Crippen molar-refractivity contribution < 1.29 is 14.2 Å². The zero-order chi connectivity index (χ0) is 21.3. The van der Waals surface area contributed by atoms with Crippen molar-refractivity contribution in [3.8, 4) is 11.5 Å². The molecule has 2 N–H and O–H groups in total. The average Bonchev–Trinajstić information content (AvgIpc) is 2.70. The summed E-state index contributed by atoms with van der Waals surface area (Å²) in [5.74, 6) is 2.47. The van der Waals surface area contributed by atoms with E-state index in [1.165, 1.54) is 5.56 Å². The Morgan fingerprint density at radius 1 is 1.03 bits per heavy atom. The van der Waals surface area contributed by atoms with Crippen LogP contribution in [0.15, 0.2) is 23.2 Å². The Hall–Kier alpha value is -1.99. The standard InChI is InChI=1S/C22H40N4O3/c1-6-23-22(25-14-16-26(4)15-9-17-27-5)24-13-12-19-10-11-20(28-7-2)21(18-19)29-8-3/h10-11,18H,6-9,12-17H2,1-5H3,(H2,23,24,25). The molecule has 0 radical (unpaired) electrons. The molecule has 0 aliphatic rings. The molecule has 0 aliphatic carbocycles. The predicted molar refractivity (Wildman–Crippen MR) is 120 cm³/mol. The Morgan fingerprint density at radius 2 is 1.79 bits per heavy atom. The zero-order valence-electron chi connectivity index (χ0n) is 18.9. The molecular formula is C22H40N4O3. The van der Waals surface area contributed by atoms with Gasteiger partial charge in [0.05, 0.1) is 19.8 Å². The van der Waals surface area contributed by atoms with Gasteiger partial charge in [-0.3, -0.25) is 4.99 Å². The van der Waals surface area contributed by atoms with Gasteiger partial charge in [0.2, 0.25) is 0 Å². The lowest BCUT2D eigenvalue weighted by Crippen LogP contribution is -2.39. The molecule has 1 rings (SSSR count). The number of ether oxygens (including phenoxy) is 3. The molecule has 7 nitrogen and oxygen atoms in total. The Labute approximate surface area is 176 Å². The number of aliphatic imine (C=N–C) groups is 1. The molecule has 1 aromatic rings. The van der Waals surface area contributed by atoms with E-state index in [0.29, 0.717) is 13.2 Å². The van der Waals surface area contributed by atoms with E-state index in [1.807, 2.05) is 19.9 Å². The van der Waals surface area contributed by atoms with Crippen molar-refractivity contribution in [3.05, 3.63) is 23.8 Å². The van der Waals surface area contributed by atoms with Crippen molar-refractivity contribution in [2.24, 2.45) is 4.99 Å². The highest BCUT2D eigenvalue weighted by Gasteiger charge is 2.06. The second kappa shape index (κ2) is 15.9. The monoisotopic (exact) mass is 408 g/mol. The van der Waals surface area contributed by atoms with Crippen LogP contribution in [0.5, 0.6) is 11.5 Å². The van der Waals surface area contributed by atoms with Gasteiger partial charge in [0.15, 0.2) is 17.5 Å². The van der Waals surface area contributed by atoms with E-state index in [9.17, 15) is 0 Å². The maximum Gasteiger partial charge on any atom is 0.191 e. The molecule has 0 spiro atoms. The van der Waals surface area contributed by atoms with Gasteiger partial charge in [0, 0.05) is 39.9 Å². The highest BCUT2D eigenvalue weighted by Crippen LogP contribution is 2.28. The zero-order valence-corrected chi connectivity index (χ0v) is 18.9. The third-order valence-electron chi connectivity index (χ3n) is 4.30. The van der Waals surface area contributed by atoms with Crippen LogP contribution in [0.3, 0.4) is 0 Å². The number of hydrogen-bond acceptors (Lipinski definition) is 5. The summed E-state index contributed by atoms with van der Waals surface area (Å²) in [6, 6.07) is 6.14. The molecule has 0 aromatic heterocycles. The third-order valence-corrected chi connectivity index (χ3v) is 4.30. The lowest BCUT2D eigenvalue weighted by atomic mass is 10.1. The summed E-state index contributed by atoms with van der Waals surface area (Å²) in [6.45, 7) is 12.4. The van der Waals surface area contributed by atoms with Gasteiger partial charge in [-0.15, -0.1) is 0 Å². The molecule has 0 saturated carbocycles. The van der Waals surface area contributed by atoms with Crippen molar-refractivity contribution >= 4 is 5.96 Å². The highest BCUT2D eigenvalue weighted by atomic mass is 16.5. The maximum atomic E-state index is 5.71. The van der Waals surface area contributed by atoms with Crippen LogP contribution < -0.4 is 20.1 Å². The number of rotatable bonds is 15. The molecule has 0 heterocycles. The summed E-state index contributed by atoms with van der Waals surface area (Å²) in [4.78, 5) is 6.95. The smallest absolute Gasteiger partial charge is 0.191 e. The largest absolute Gasteiger partial charge is 0.490 e. The predicted octanol–water partition coefficient (Wildman–Crippen LogP) is 2.55. The first kappa shape index (κ1) is 25.0. The van der Waals surface area contributed by atoms with Crippen LogP contribution in [0, 0.1) is 0 Å². The van der Waals surface area contributed by atoms with Crippen LogP contribution in [0.1, 0.15) is 32.8 Å². The first-order valence-corrected chi connectivity index (χ1v) is 10.7. The molecule has 29 heavy (non-hydrogen) atoms. The quantitative estimate of drug-likeness (QED) is 0.264. The van der Waals surface area contributed by atoms with E-state index >= 15 is 0 Å². The average molecular weight is 409 g/mol. The number of nitrogens with zero attached hydrogens (tertiary/aromatic N) is 2. The molecule has 0 bridgehead atoms. The highest BCUT2D eigenvalue weighted by molar-refractivity contribution is 5.79. The Bertz CT molecular complexity index is 581. The second-order valence-electron chi connectivity index (χ2n) is 6.73. The molecular weight excluding hydrogens is 368 g/mol. The van der Waals surface area contributed by atoms with Gasteiger partial charge in [0.1, 0.15) is 0 Å². The van der Waals surface area contributed by atoms with E-state index < -0.39 is 0 Å². The fourth-order valence-corrected chi connectivity index (χ4v) is 2.84. The van der Waals surface area contributed by atoms with Gasteiger partial charge in [-0.05, 0) is 58.4 Å². The van der Waals surface area contributed by atoms with Crippen molar-refractivity contribution in [1.29, 1.82) is 0 Å². The summed E-state index contributed by atoms with van der Waals surface area (Å²) in [7, 11) is 3.86. The lowest BCUT2D eigenvalue weighted by Gasteiger charge is -2.16. The summed E-state index contributed by atoms with van der Waals surface area (Å²) in [6.07, 6.45) is 1.93. The summed E-state index contributed by atoms with van der Waals surface area (Å²) in [5, 5.41) is 6.72. The molecule has 0 atom stereocenters. The molecule has 166 valence electrons. The maximum absolute atomic E-state index is 5.71. The molecule has 0 unspecified atom stereocenters. The lowest BCUT2D eigenvalue weighted by molar-refractivity contribution is 0.180. The Morgan fingerprint density at radius 3 is 2.48 bits per heavy atom. The van der Waals surface area contributed by atoms with Crippen molar-refractivity contribution in [2.75, 3.05) is 66.7 Å². The number of likely N-dealkylation sites (N-methyl/N-ethyl adjacent to an activating group) is 1. The van der Waals surface area contributed by atoms with Crippen LogP contribution in [-0.4, -0.2) is 77.6 Å².